The van der Waals surface area contributed by atoms with Gasteiger partial charge in [-0.3, -0.25) is 4.79 Å². The van der Waals surface area contributed by atoms with Crippen molar-refractivity contribution in [2.45, 2.75) is 6.92 Å². The molecule has 2 rings (SSSR count). The molecule has 1 amide bonds. The van der Waals surface area contributed by atoms with E-state index < -0.39 is 11.9 Å². The first-order chi connectivity index (χ1) is 12.1. The van der Waals surface area contributed by atoms with Gasteiger partial charge in [0.2, 0.25) is 11.6 Å². The Bertz CT molecular complexity index is 788. The Labute approximate surface area is 148 Å². The molecule has 0 spiro atoms. The molecule has 0 aliphatic carbocycles. The SMILES string of the molecule is CCOC(=O)c1nnsc1NC(=O)/C=C/c1cc(OC)ccc1OC. The lowest BCUT2D eigenvalue weighted by Gasteiger charge is -2.07. The van der Waals surface area contributed by atoms with Gasteiger partial charge in [-0.05, 0) is 31.2 Å². The molecule has 25 heavy (non-hydrogen) atoms. The summed E-state index contributed by atoms with van der Waals surface area (Å²) < 4.78 is 18.9. The van der Waals surface area contributed by atoms with Crippen molar-refractivity contribution >= 4 is 34.5 Å². The maximum atomic E-state index is 12.1. The van der Waals surface area contributed by atoms with E-state index in [1.165, 1.54) is 13.2 Å². The zero-order valence-corrected chi connectivity index (χ0v) is 14.8. The number of nitrogens with one attached hydrogen (secondary N) is 1. The highest BCUT2D eigenvalue weighted by molar-refractivity contribution is 7.10. The minimum absolute atomic E-state index is 0.0208. The van der Waals surface area contributed by atoms with Crippen molar-refractivity contribution in [2.75, 3.05) is 26.1 Å². The maximum Gasteiger partial charge on any atom is 0.362 e. The summed E-state index contributed by atoms with van der Waals surface area (Å²) in [6.45, 7) is 1.89. The Morgan fingerprint density at radius 1 is 1.28 bits per heavy atom. The number of anilines is 1. The molecule has 0 saturated heterocycles. The van der Waals surface area contributed by atoms with Gasteiger partial charge in [-0.25, -0.2) is 4.79 Å². The first-order valence-corrected chi connectivity index (χ1v) is 8.07. The van der Waals surface area contributed by atoms with Crippen LogP contribution in [0, 0.1) is 0 Å². The third-order valence-electron chi connectivity index (χ3n) is 3.04. The number of aromatic nitrogens is 2. The van der Waals surface area contributed by atoms with Crippen LogP contribution in [0.5, 0.6) is 11.5 Å². The fourth-order valence-corrected chi connectivity index (χ4v) is 2.46. The third kappa shape index (κ3) is 4.77. The van der Waals surface area contributed by atoms with Crippen molar-refractivity contribution < 1.29 is 23.8 Å². The molecule has 0 aliphatic rings. The Hall–Kier alpha value is -2.94. The van der Waals surface area contributed by atoms with Crippen LogP contribution in [-0.4, -0.2) is 42.3 Å². The molecule has 0 saturated carbocycles. The quantitative estimate of drug-likeness (QED) is 0.595. The van der Waals surface area contributed by atoms with Crippen LogP contribution in [0.4, 0.5) is 5.00 Å². The third-order valence-corrected chi connectivity index (χ3v) is 3.69. The van der Waals surface area contributed by atoms with Gasteiger partial charge in [0.25, 0.3) is 0 Å². The van der Waals surface area contributed by atoms with E-state index in [0.717, 1.165) is 11.5 Å². The van der Waals surface area contributed by atoms with Crippen LogP contribution in [0.25, 0.3) is 6.08 Å². The molecule has 0 radical (unpaired) electrons. The molecule has 2 aromatic rings. The summed E-state index contributed by atoms with van der Waals surface area (Å²) in [6.07, 6.45) is 2.89. The number of esters is 1. The lowest BCUT2D eigenvalue weighted by molar-refractivity contribution is -0.111. The van der Waals surface area contributed by atoms with Crippen molar-refractivity contribution in [1.29, 1.82) is 0 Å². The van der Waals surface area contributed by atoms with Gasteiger partial charge in [0, 0.05) is 23.2 Å². The van der Waals surface area contributed by atoms with Crippen LogP contribution < -0.4 is 14.8 Å². The van der Waals surface area contributed by atoms with Crippen LogP contribution >= 0.6 is 11.5 Å². The highest BCUT2D eigenvalue weighted by Gasteiger charge is 2.18. The van der Waals surface area contributed by atoms with E-state index in [-0.39, 0.29) is 17.3 Å². The monoisotopic (exact) mass is 363 g/mol. The second-order valence-corrected chi connectivity index (χ2v) is 5.36. The minimum atomic E-state index is -0.634. The summed E-state index contributed by atoms with van der Waals surface area (Å²) in [7, 11) is 3.09. The topological polar surface area (TPSA) is 99.6 Å². The molecule has 1 aromatic carbocycles. The average molecular weight is 363 g/mol. The minimum Gasteiger partial charge on any atom is -0.497 e. The summed E-state index contributed by atoms with van der Waals surface area (Å²) in [5.74, 6) is 0.153. The number of carbonyl (C=O) groups excluding carboxylic acids is 2. The largest absolute Gasteiger partial charge is 0.497 e. The van der Waals surface area contributed by atoms with Crippen LogP contribution in [0.1, 0.15) is 23.0 Å². The van der Waals surface area contributed by atoms with E-state index in [1.54, 1.807) is 38.3 Å². The van der Waals surface area contributed by atoms with Crippen molar-refractivity contribution in [3.63, 3.8) is 0 Å². The highest BCUT2D eigenvalue weighted by Crippen LogP contribution is 2.25. The van der Waals surface area contributed by atoms with Gasteiger partial charge in [0.1, 0.15) is 11.5 Å². The Balaban J connectivity index is 2.12. The standard InChI is InChI=1S/C16H17N3O5S/c1-4-24-16(21)14-15(25-19-18-14)17-13(20)8-5-10-9-11(22-2)6-7-12(10)23-3/h5-9H,4H2,1-3H3,(H,17,20)/b8-5+. The molecule has 132 valence electrons. The maximum absolute atomic E-state index is 12.1. The lowest BCUT2D eigenvalue weighted by atomic mass is 10.1. The number of carbonyl (C=O) groups is 2. The number of hydrogen-bond donors (Lipinski definition) is 1. The molecule has 0 atom stereocenters. The smallest absolute Gasteiger partial charge is 0.362 e. The van der Waals surface area contributed by atoms with Gasteiger partial charge in [0.05, 0.1) is 20.8 Å². The van der Waals surface area contributed by atoms with Gasteiger partial charge >= 0.3 is 5.97 Å². The zero-order chi connectivity index (χ0) is 18.2. The Morgan fingerprint density at radius 3 is 2.76 bits per heavy atom. The predicted octanol–water partition coefficient (Wildman–Crippen LogP) is 2.38. The van der Waals surface area contributed by atoms with Crippen LogP contribution in [0.15, 0.2) is 24.3 Å². The molecule has 0 aliphatic heterocycles. The fourth-order valence-electron chi connectivity index (χ4n) is 1.89. The molecule has 0 unspecified atom stereocenters. The zero-order valence-electron chi connectivity index (χ0n) is 13.9. The van der Waals surface area contributed by atoms with Gasteiger partial charge in [-0.1, -0.05) is 4.49 Å². The molecule has 0 bridgehead atoms. The second kappa shape index (κ2) is 8.78. The lowest BCUT2D eigenvalue weighted by Crippen LogP contribution is -2.12. The van der Waals surface area contributed by atoms with E-state index in [1.807, 2.05) is 0 Å². The van der Waals surface area contributed by atoms with Crippen LogP contribution in [0.2, 0.25) is 0 Å². The van der Waals surface area contributed by atoms with Crippen molar-refractivity contribution in [3.8, 4) is 11.5 Å². The van der Waals surface area contributed by atoms with Crippen molar-refractivity contribution in [3.05, 3.63) is 35.5 Å². The Morgan fingerprint density at radius 2 is 2.08 bits per heavy atom. The summed E-state index contributed by atoms with van der Waals surface area (Å²) in [4.78, 5) is 23.8. The number of nitrogens with zero attached hydrogens (tertiary/aromatic N) is 2. The van der Waals surface area contributed by atoms with Gasteiger partial charge < -0.3 is 19.5 Å². The first kappa shape index (κ1) is 18.4. The number of methoxy groups -OCH3 is 2. The molecule has 1 N–H and O–H groups in total. The fraction of sp³-hybridized carbons (Fsp3) is 0.250. The normalized spacial score (nSPS) is 10.5. The average Bonchev–Trinajstić information content (AvgIpc) is 3.08. The summed E-state index contributed by atoms with van der Waals surface area (Å²) in [6, 6.07) is 5.23. The molecular formula is C16H17N3O5S. The van der Waals surface area contributed by atoms with Gasteiger partial charge in [-0.15, -0.1) is 5.10 Å². The first-order valence-electron chi connectivity index (χ1n) is 7.29. The van der Waals surface area contributed by atoms with E-state index in [2.05, 4.69) is 14.9 Å². The summed E-state index contributed by atoms with van der Waals surface area (Å²) in [5, 5.41) is 6.46. The number of amides is 1. The number of ether oxygens (including phenoxy) is 3. The number of rotatable bonds is 7. The van der Waals surface area contributed by atoms with Crippen LogP contribution in [0.3, 0.4) is 0 Å². The molecule has 9 heteroatoms. The van der Waals surface area contributed by atoms with E-state index in [9.17, 15) is 9.59 Å². The number of benzene rings is 1. The van der Waals surface area contributed by atoms with Gasteiger partial charge in [0.15, 0.2) is 5.00 Å². The molecule has 1 aromatic heterocycles. The summed E-state index contributed by atoms with van der Waals surface area (Å²) >= 11 is 0.895. The highest BCUT2D eigenvalue weighted by atomic mass is 32.1. The van der Waals surface area contributed by atoms with Crippen molar-refractivity contribution in [2.24, 2.45) is 0 Å². The number of hydrogen-bond acceptors (Lipinski definition) is 8. The molecule has 8 nitrogen and oxygen atoms in total. The predicted molar refractivity (Wildman–Crippen MR) is 93.1 cm³/mol. The molecule has 0 fully saturated rings. The second-order valence-electron chi connectivity index (χ2n) is 4.60. The van der Waals surface area contributed by atoms with E-state index in [0.29, 0.717) is 17.1 Å². The summed E-state index contributed by atoms with van der Waals surface area (Å²) in [5.41, 5.74) is 0.651. The van der Waals surface area contributed by atoms with Gasteiger partial charge in [-0.2, -0.15) is 0 Å². The van der Waals surface area contributed by atoms with E-state index in [4.69, 9.17) is 14.2 Å². The van der Waals surface area contributed by atoms with Crippen LogP contribution in [-0.2, 0) is 9.53 Å². The van der Waals surface area contributed by atoms with Crippen molar-refractivity contribution in [1.82, 2.24) is 9.59 Å². The molecule has 1 heterocycles. The molecular weight excluding hydrogens is 346 g/mol. The van der Waals surface area contributed by atoms with E-state index >= 15 is 0 Å². The Kier molecular flexibility index (Phi) is 6.47.